The minimum absolute atomic E-state index is 0.0268. The Morgan fingerprint density at radius 3 is 2.64 bits per heavy atom. The highest BCUT2D eigenvalue weighted by Crippen LogP contribution is 2.37. The first kappa shape index (κ1) is 17.4. The van der Waals surface area contributed by atoms with Crippen LogP contribution in [0.1, 0.15) is 65.3 Å². The molecule has 2 rings (SSSR count). The van der Waals surface area contributed by atoms with E-state index < -0.39 is 6.10 Å². The summed E-state index contributed by atoms with van der Waals surface area (Å²) in [7, 11) is 0. The van der Waals surface area contributed by atoms with Crippen molar-refractivity contribution in [3.63, 3.8) is 0 Å². The summed E-state index contributed by atoms with van der Waals surface area (Å²) in [5.74, 6) is 0.681. The lowest BCUT2D eigenvalue weighted by Gasteiger charge is -2.37. The van der Waals surface area contributed by atoms with Crippen LogP contribution in [0.3, 0.4) is 0 Å². The van der Waals surface area contributed by atoms with Crippen LogP contribution < -0.4 is 0 Å². The minimum Gasteiger partial charge on any atom is -0.390 e. The van der Waals surface area contributed by atoms with Crippen molar-refractivity contribution in [1.29, 1.82) is 0 Å². The molecular formula is C17H31N3O2. The number of nitrogens with zero attached hydrogens (tertiary/aromatic N) is 3. The van der Waals surface area contributed by atoms with Gasteiger partial charge in [0.1, 0.15) is 12.7 Å². The Kier molecular flexibility index (Phi) is 6.38. The van der Waals surface area contributed by atoms with Gasteiger partial charge in [0.25, 0.3) is 0 Å². The lowest BCUT2D eigenvalue weighted by atomic mass is 9.77. The molecule has 0 spiro atoms. The highest BCUT2D eigenvalue weighted by Gasteiger charge is 2.37. The summed E-state index contributed by atoms with van der Waals surface area (Å²) < 4.78 is 7.41. The zero-order chi connectivity index (χ0) is 16.0. The smallest absolute Gasteiger partial charge is 0.137 e. The van der Waals surface area contributed by atoms with Gasteiger partial charge < -0.3 is 9.84 Å². The Labute approximate surface area is 134 Å². The van der Waals surface area contributed by atoms with Crippen molar-refractivity contribution in [1.82, 2.24) is 14.8 Å². The van der Waals surface area contributed by atoms with Crippen molar-refractivity contribution >= 4 is 0 Å². The normalized spacial score (nSPS) is 20.0. The average Bonchev–Trinajstić information content (AvgIpc) is 3.05. The summed E-state index contributed by atoms with van der Waals surface area (Å²) in [6.07, 6.45) is 10.3. The molecule has 1 N–H and O–H groups in total. The highest BCUT2D eigenvalue weighted by molar-refractivity contribution is 4.88. The van der Waals surface area contributed by atoms with Gasteiger partial charge in [0.05, 0.1) is 18.8 Å². The highest BCUT2D eigenvalue weighted by atomic mass is 16.5. The van der Waals surface area contributed by atoms with Gasteiger partial charge in [0.15, 0.2) is 0 Å². The molecule has 0 saturated heterocycles. The molecule has 1 heterocycles. The van der Waals surface area contributed by atoms with Crippen LogP contribution in [0.25, 0.3) is 0 Å². The molecule has 2 atom stereocenters. The number of ether oxygens (including phenoxy) is 1. The monoisotopic (exact) mass is 309 g/mol. The van der Waals surface area contributed by atoms with Crippen molar-refractivity contribution in [2.24, 2.45) is 11.3 Å². The summed E-state index contributed by atoms with van der Waals surface area (Å²) in [6.45, 7) is 7.35. The fourth-order valence-electron chi connectivity index (χ4n) is 3.51. The maximum Gasteiger partial charge on any atom is 0.137 e. The first-order valence-electron chi connectivity index (χ1n) is 8.64. The van der Waals surface area contributed by atoms with E-state index in [0.29, 0.717) is 19.1 Å². The van der Waals surface area contributed by atoms with Crippen molar-refractivity contribution in [2.75, 3.05) is 13.2 Å². The van der Waals surface area contributed by atoms with Gasteiger partial charge >= 0.3 is 0 Å². The van der Waals surface area contributed by atoms with Crippen LogP contribution in [0.5, 0.6) is 0 Å². The van der Waals surface area contributed by atoms with E-state index in [1.807, 2.05) is 11.6 Å². The third kappa shape index (κ3) is 4.53. The zero-order valence-corrected chi connectivity index (χ0v) is 14.2. The third-order valence-corrected chi connectivity index (χ3v) is 4.92. The largest absolute Gasteiger partial charge is 0.390 e. The average molecular weight is 309 g/mol. The van der Waals surface area contributed by atoms with E-state index in [4.69, 9.17) is 4.74 Å². The molecule has 0 aromatic carbocycles. The Balaban J connectivity index is 2.09. The van der Waals surface area contributed by atoms with Gasteiger partial charge in [-0.15, -0.1) is 0 Å². The number of aromatic nitrogens is 3. The second-order valence-corrected chi connectivity index (χ2v) is 7.25. The Bertz CT molecular complexity index is 414. The Hall–Kier alpha value is -0.940. The molecule has 1 aliphatic carbocycles. The first-order chi connectivity index (χ1) is 10.5. The van der Waals surface area contributed by atoms with Gasteiger partial charge in [0.2, 0.25) is 0 Å². The van der Waals surface area contributed by atoms with Gasteiger partial charge in [-0.1, -0.05) is 46.0 Å². The third-order valence-electron chi connectivity index (χ3n) is 4.92. The predicted molar refractivity (Wildman–Crippen MR) is 86.5 cm³/mol. The maximum absolute atomic E-state index is 11.0. The molecule has 1 fully saturated rings. The molecule has 1 aromatic rings. The maximum atomic E-state index is 11.0. The molecule has 5 nitrogen and oxygen atoms in total. The molecule has 5 heteroatoms. The molecule has 0 amide bonds. The summed E-state index contributed by atoms with van der Waals surface area (Å²) in [6, 6.07) is -0.0268. The van der Waals surface area contributed by atoms with Crippen molar-refractivity contribution < 1.29 is 9.84 Å². The first-order valence-corrected chi connectivity index (χ1v) is 8.64. The summed E-state index contributed by atoms with van der Waals surface area (Å²) >= 11 is 0. The van der Waals surface area contributed by atoms with Crippen LogP contribution in [-0.2, 0) is 4.74 Å². The molecule has 0 bridgehead atoms. The lowest BCUT2D eigenvalue weighted by molar-refractivity contribution is -0.0537. The number of aliphatic hydroxyl groups excluding tert-OH is 1. The van der Waals surface area contributed by atoms with Crippen LogP contribution in [0.15, 0.2) is 12.7 Å². The number of hydrogen-bond acceptors (Lipinski definition) is 4. The summed E-state index contributed by atoms with van der Waals surface area (Å²) in [5.41, 5.74) is -0.304. The zero-order valence-electron chi connectivity index (χ0n) is 14.2. The molecule has 1 aliphatic rings. The fraction of sp³-hybridized carbons (Fsp3) is 0.882. The van der Waals surface area contributed by atoms with E-state index in [1.54, 1.807) is 12.7 Å². The van der Waals surface area contributed by atoms with E-state index in [2.05, 4.69) is 23.9 Å². The number of hydrogen-bond donors (Lipinski definition) is 1. The van der Waals surface area contributed by atoms with Gasteiger partial charge in [-0.25, -0.2) is 9.67 Å². The van der Waals surface area contributed by atoms with Crippen LogP contribution in [0.4, 0.5) is 0 Å². The molecule has 22 heavy (non-hydrogen) atoms. The molecule has 0 radical (unpaired) electrons. The predicted octanol–water partition coefficient (Wildman–Crippen LogP) is 3.21. The number of rotatable bonds is 8. The van der Waals surface area contributed by atoms with Crippen molar-refractivity contribution in [3.05, 3.63) is 12.7 Å². The van der Waals surface area contributed by atoms with Crippen molar-refractivity contribution in [2.45, 2.75) is 71.4 Å². The van der Waals surface area contributed by atoms with Gasteiger partial charge in [0, 0.05) is 12.0 Å². The molecule has 0 aliphatic heterocycles. The topological polar surface area (TPSA) is 60.2 Å². The Morgan fingerprint density at radius 1 is 1.32 bits per heavy atom. The minimum atomic E-state index is -0.498. The Morgan fingerprint density at radius 2 is 2.05 bits per heavy atom. The van der Waals surface area contributed by atoms with Crippen LogP contribution in [0.2, 0.25) is 0 Å². The molecule has 126 valence electrons. The quantitative estimate of drug-likeness (QED) is 0.801. The molecule has 2 unspecified atom stereocenters. The summed E-state index contributed by atoms with van der Waals surface area (Å²) in [5, 5.41) is 15.3. The van der Waals surface area contributed by atoms with Crippen LogP contribution in [0, 0.1) is 11.3 Å². The second-order valence-electron chi connectivity index (χ2n) is 7.25. The van der Waals surface area contributed by atoms with Gasteiger partial charge in [-0.05, 0) is 19.3 Å². The van der Waals surface area contributed by atoms with E-state index in [9.17, 15) is 5.11 Å². The standard InChI is InChI=1S/C17H31N3O2/c1-4-22-11-17(2,3)16(21)15(20-13-18-12-19-20)10-14-8-6-5-7-9-14/h12-16,21H,4-11H2,1-3H3. The van der Waals surface area contributed by atoms with Gasteiger partial charge in [-0.3, -0.25) is 0 Å². The van der Waals surface area contributed by atoms with Gasteiger partial charge in [-0.2, -0.15) is 5.10 Å². The molecular weight excluding hydrogens is 278 g/mol. The number of aliphatic hydroxyl groups is 1. The van der Waals surface area contributed by atoms with E-state index >= 15 is 0 Å². The van der Waals surface area contributed by atoms with Crippen LogP contribution >= 0.6 is 0 Å². The van der Waals surface area contributed by atoms with E-state index in [0.717, 1.165) is 6.42 Å². The fourth-order valence-corrected chi connectivity index (χ4v) is 3.51. The van der Waals surface area contributed by atoms with Crippen LogP contribution in [-0.4, -0.2) is 39.2 Å². The molecule has 1 saturated carbocycles. The summed E-state index contributed by atoms with van der Waals surface area (Å²) in [4.78, 5) is 4.07. The van der Waals surface area contributed by atoms with E-state index in [1.165, 1.54) is 32.1 Å². The van der Waals surface area contributed by atoms with E-state index in [-0.39, 0.29) is 11.5 Å². The molecule has 1 aromatic heterocycles. The SMILES string of the molecule is CCOCC(C)(C)C(O)C(CC1CCCCC1)n1cncn1. The van der Waals surface area contributed by atoms with Crippen molar-refractivity contribution in [3.8, 4) is 0 Å². The lowest BCUT2D eigenvalue weighted by Crippen LogP contribution is -2.41. The second kappa shape index (κ2) is 8.06.